The zero-order chi connectivity index (χ0) is 13.7. The third-order valence-corrected chi connectivity index (χ3v) is 3.11. The van der Waals surface area contributed by atoms with E-state index in [1.54, 1.807) is 0 Å². The molecule has 2 rings (SSSR count). The molecule has 0 aliphatic rings. The van der Waals surface area contributed by atoms with Crippen LogP contribution in [0.5, 0.6) is 0 Å². The number of nitrogens with one attached hydrogen (secondary N) is 1. The van der Waals surface area contributed by atoms with Crippen molar-refractivity contribution in [3.8, 4) is 0 Å². The molecule has 1 aromatic carbocycles. The minimum absolute atomic E-state index is 0.319. The van der Waals surface area contributed by atoms with Crippen LogP contribution in [0.3, 0.4) is 0 Å². The summed E-state index contributed by atoms with van der Waals surface area (Å²) in [7, 11) is 2.06. The van der Waals surface area contributed by atoms with Crippen molar-refractivity contribution in [2.45, 2.75) is 32.9 Å². The number of nitrogens with zero attached hydrogens (tertiary/aromatic N) is 2. The Labute approximate surface area is 114 Å². The lowest BCUT2D eigenvalue weighted by molar-refractivity contribution is 0.0770. The average molecular weight is 261 g/mol. The first kappa shape index (κ1) is 14.0. The molecule has 0 amide bonds. The van der Waals surface area contributed by atoms with Crippen LogP contribution in [0.2, 0.25) is 0 Å². The van der Waals surface area contributed by atoms with Crippen LogP contribution in [0, 0.1) is 0 Å². The number of imidazole rings is 1. The van der Waals surface area contributed by atoms with Gasteiger partial charge in [-0.2, -0.15) is 0 Å². The predicted molar refractivity (Wildman–Crippen MR) is 78.1 cm³/mol. The van der Waals surface area contributed by atoms with Crippen LogP contribution in [0.15, 0.2) is 24.3 Å². The minimum Gasteiger partial charge on any atom is -0.379 e. The van der Waals surface area contributed by atoms with Gasteiger partial charge in [-0.05, 0) is 38.9 Å². The van der Waals surface area contributed by atoms with Crippen molar-refractivity contribution in [2.24, 2.45) is 7.05 Å². The van der Waals surface area contributed by atoms with E-state index < -0.39 is 0 Å². The van der Waals surface area contributed by atoms with Gasteiger partial charge in [0.1, 0.15) is 5.82 Å². The molecule has 0 saturated heterocycles. The second kappa shape index (κ2) is 6.68. The molecule has 0 bridgehead atoms. The third-order valence-electron chi connectivity index (χ3n) is 3.11. The monoisotopic (exact) mass is 261 g/mol. The van der Waals surface area contributed by atoms with E-state index in [1.165, 1.54) is 5.52 Å². The molecule has 4 heteroatoms. The standard InChI is InChI=1S/C15H23N3O/c1-12(2)19-10-6-9-16-11-15-17-13-7-4-5-8-14(13)18(15)3/h4-5,7-8,12,16H,6,9-11H2,1-3H3. The summed E-state index contributed by atoms with van der Waals surface area (Å²) >= 11 is 0. The Balaban J connectivity index is 1.80. The lowest BCUT2D eigenvalue weighted by Gasteiger charge is -2.08. The van der Waals surface area contributed by atoms with Crippen LogP contribution in [-0.2, 0) is 18.3 Å². The quantitative estimate of drug-likeness (QED) is 0.778. The fourth-order valence-electron chi connectivity index (χ4n) is 2.07. The van der Waals surface area contributed by atoms with Gasteiger partial charge in [-0.3, -0.25) is 0 Å². The lowest BCUT2D eigenvalue weighted by Crippen LogP contribution is -2.19. The highest BCUT2D eigenvalue weighted by Crippen LogP contribution is 2.13. The molecule has 0 fully saturated rings. The van der Waals surface area contributed by atoms with Crippen LogP contribution < -0.4 is 5.32 Å². The van der Waals surface area contributed by atoms with Gasteiger partial charge in [0.05, 0.1) is 23.7 Å². The number of para-hydroxylation sites is 2. The molecular formula is C15H23N3O. The summed E-state index contributed by atoms with van der Waals surface area (Å²) in [5, 5.41) is 3.41. The van der Waals surface area contributed by atoms with Gasteiger partial charge in [0.25, 0.3) is 0 Å². The SMILES string of the molecule is CC(C)OCCCNCc1nc2ccccc2n1C. The Kier molecular flexibility index (Phi) is 4.93. The van der Waals surface area contributed by atoms with Crippen LogP contribution >= 0.6 is 0 Å². The molecule has 104 valence electrons. The summed E-state index contributed by atoms with van der Waals surface area (Å²) in [6, 6.07) is 8.22. The van der Waals surface area contributed by atoms with Gasteiger partial charge in [0.2, 0.25) is 0 Å². The van der Waals surface area contributed by atoms with Crippen molar-refractivity contribution in [3.05, 3.63) is 30.1 Å². The molecule has 0 saturated carbocycles. The van der Waals surface area contributed by atoms with Crippen LogP contribution in [-0.4, -0.2) is 28.8 Å². The Hall–Kier alpha value is -1.39. The van der Waals surface area contributed by atoms with E-state index in [0.29, 0.717) is 6.10 Å². The van der Waals surface area contributed by atoms with E-state index in [0.717, 1.165) is 37.5 Å². The number of benzene rings is 1. The maximum absolute atomic E-state index is 5.51. The summed E-state index contributed by atoms with van der Waals surface area (Å²) in [6.07, 6.45) is 1.35. The predicted octanol–water partition coefficient (Wildman–Crippen LogP) is 2.48. The summed E-state index contributed by atoms with van der Waals surface area (Å²) in [5.41, 5.74) is 2.24. The number of hydrogen-bond acceptors (Lipinski definition) is 3. The van der Waals surface area contributed by atoms with Crippen LogP contribution in [0.25, 0.3) is 11.0 Å². The number of rotatable bonds is 7. The van der Waals surface area contributed by atoms with Gasteiger partial charge >= 0.3 is 0 Å². The molecule has 1 N–H and O–H groups in total. The smallest absolute Gasteiger partial charge is 0.123 e. The summed E-state index contributed by atoms with van der Waals surface area (Å²) in [6.45, 7) is 6.69. The molecule has 0 unspecified atom stereocenters. The normalized spacial score (nSPS) is 11.6. The summed E-state index contributed by atoms with van der Waals surface area (Å²) < 4.78 is 7.65. The Morgan fingerprint density at radius 1 is 1.32 bits per heavy atom. The van der Waals surface area contributed by atoms with Gasteiger partial charge in [0, 0.05) is 13.7 Å². The molecule has 0 radical (unpaired) electrons. The molecule has 0 spiro atoms. The number of ether oxygens (including phenoxy) is 1. The van der Waals surface area contributed by atoms with Crippen molar-refractivity contribution in [2.75, 3.05) is 13.2 Å². The van der Waals surface area contributed by atoms with Crippen molar-refractivity contribution < 1.29 is 4.74 Å². The van der Waals surface area contributed by atoms with E-state index in [9.17, 15) is 0 Å². The second-order valence-corrected chi connectivity index (χ2v) is 5.03. The maximum Gasteiger partial charge on any atom is 0.123 e. The summed E-state index contributed by atoms with van der Waals surface area (Å²) in [4.78, 5) is 4.63. The van der Waals surface area contributed by atoms with Crippen molar-refractivity contribution >= 4 is 11.0 Å². The highest BCUT2D eigenvalue weighted by Gasteiger charge is 2.05. The molecule has 2 aromatic rings. The van der Waals surface area contributed by atoms with Crippen LogP contribution in [0.4, 0.5) is 0 Å². The van der Waals surface area contributed by atoms with E-state index >= 15 is 0 Å². The maximum atomic E-state index is 5.51. The average Bonchev–Trinajstić information content (AvgIpc) is 2.71. The third kappa shape index (κ3) is 3.78. The highest BCUT2D eigenvalue weighted by atomic mass is 16.5. The fraction of sp³-hybridized carbons (Fsp3) is 0.533. The Bertz CT molecular complexity index is 519. The van der Waals surface area contributed by atoms with Gasteiger partial charge < -0.3 is 14.6 Å². The van der Waals surface area contributed by atoms with Gasteiger partial charge in [-0.15, -0.1) is 0 Å². The number of aromatic nitrogens is 2. The van der Waals surface area contributed by atoms with E-state index in [-0.39, 0.29) is 0 Å². The lowest BCUT2D eigenvalue weighted by atomic mass is 10.3. The number of aryl methyl sites for hydroxylation is 1. The number of fused-ring (bicyclic) bond motifs is 1. The molecule has 1 heterocycles. The first-order valence-electron chi connectivity index (χ1n) is 6.91. The van der Waals surface area contributed by atoms with Crippen molar-refractivity contribution in [1.82, 2.24) is 14.9 Å². The minimum atomic E-state index is 0.319. The molecule has 19 heavy (non-hydrogen) atoms. The zero-order valence-corrected chi connectivity index (χ0v) is 12.0. The Morgan fingerprint density at radius 2 is 2.11 bits per heavy atom. The Morgan fingerprint density at radius 3 is 2.84 bits per heavy atom. The molecule has 4 nitrogen and oxygen atoms in total. The molecule has 1 aromatic heterocycles. The summed E-state index contributed by atoms with van der Waals surface area (Å²) in [5.74, 6) is 1.07. The van der Waals surface area contributed by atoms with Gasteiger partial charge in [0.15, 0.2) is 0 Å². The van der Waals surface area contributed by atoms with E-state index in [2.05, 4.69) is 47.9 Å². The topological polar surface area (TPSA) is 39.1 Å². The first-order valence-corrected chi connectivity index (χ1v) is 6.91. The first-order chi connectivity index (χ1) is 9.18. The fourth-order valence-corrected chi connectivity index (χ4v) is 2.07. The van der Waals surface area contributed by atoms with Crippen molar-refractivity contribution in [3.63, 3.8) is 0 Å². The van der Waals surface area contributed by atoms with Crippen molar-refractivity contribution in [1.29, 1.82) is 0 Å². The largest absolute Gasteiger partial charge is 0.379 e. The van der Waals surface area contributed by atoms with Gasteiger partial charge in [-0.1, -0.05) is 12.1 Å². The zero-order valence-electron chi connectivity index (χ0n) is 12.0. The molecule has 0 atom stereocenters. The highest BCUT2D eigenvalue weighted by molar-refractivity contribution is 5.75. The molecule has 0 aliphatic carbocycles. The second-order valence-electron chi connectivity index (χ2n) is 5.03. The van der Waals surface area contributed by atoms with E-state index in [4.69, 9.17) is 4.74 Å². The molecular weight excluding hydrogens is 238 g/mol. The number of hydrogen-bond donors (Lipinski definition) is 1. The van der Waals surface area contributed by atoms with Gasteiger partial charge in [-0.25, -0.2) is 4.98 Å². The van der Waals surface area contributed by atoms with E-state index in [1.807, 2.05) is 12.1 Å². The molecule has 0 aliphatic heterocycles. The van der Waals surface area contributed by atoms with Crippen LogP contribution in [0.1, 0.15) is 26.1 Å².